The van der Waals surface area contributed by atoms with E-state index in [9.17, 15) is 22.8 Å². The zero-order valence-electron chi connectivity index (χ0n) is 20.0. The van der Waals surface area contributed by atoms with Crippen molar-refractivity contribution in [3.63, 3.8) is 0 Å². The molecule has 1 aliphatic carbocycles. The Morgan fingerprint density at radius 2 is 1.54 bits per heavy atom. The Morgan fingerprint density at radius 1 is 0.892 bits per heavy atom. The molecule has 1 heterocycles. The molecule has 0 aromatic heterocycles. The van der Waals surface area contributed by atoms with Crippen LogP contribution in [0.2, 0.25) is 0 Å². The quantitative estimate of drug-likeness (QED) is 0.376. The van der Waals surface area contributed by atoms with Gasteiger partial charge < -0.3 is 4.90 Å². The van der Waals surface area contributed by atoms with Crippen LogP contribution in [0, 0.1) is 11.3 Å². The van der Waals surface area contributed by atoms with Crippen LogP contribution >= 0.6 is 0 Å². The van der Waals surface area contributed by atoms with Crippen LogP contribution in [0.3, 0.4) is 0 Å². The number of rotatable bonds is 5. The molecule has 188 valence electrons. The Bertz CT molecular complexity index is 1390. The van der Waals surface area contributed by atoms with Crippen molar-refractivity contribution in [1.29, 1.82) is 5.26 Å². The van der Waals surface area contributed by atoms with Gasteiger partial charge in [0.1, 0.15) is 5.54 Å². The topological polar surface area (TPSA) is 64.4 Å². The first-order valence-electron chi connectivity index (χ1n) is 12.1. The summed E-state index contributed by atoms with van der Waals surface area (Å²) >= 11 is 0. The lowest BCUT2D eigenvalue weighted by molar-refractivity contribution is -0.137. The van der Waals surface area contributed by atoms with Gasteiger partial charge in [0.15, 0.2) is 0 Å². The Labute approximate surface area is 212 Å². The van der Waals surface area contributed by atoms with E-state index in [0.29, 0.717) is 19.3 Å². The molecule has 1 saturated heterocycles. The van der Waals surface area contributed by atoms with Gasteiger partial charge in [0.2, 0.25) is 0 Å². The van der Waals surface area contributed by atoms with Crippen LogP contribution < -0.4 is 4.90 Å². The Hall–Kier alpha value is -4.12. The summed E-state index contributed by atoms with van der Waals surface area (Å²) in [6.07, 6.45) is -1.75. The summed E-state index contributed by atoms with van der Waals surface area (Å²) < 4.78 is 40.9. The zero-order chi connectivity index (χ0) is 26.2. The van der Waals surface area contributed by atoms with Crippen LogP contribution in [-0.4, -0.2) is 22.4 Å². The van der Waals surface area contributed by atoms with Gasteiger partial charge in [0.25, 0.3) is 5.91 Å². The summed E-state index contributed by atoms with van der Waals surface area (Å²) in [5.41, 5.74) is 0.0111. The van der Waals surface area contributed by atoms with Crippen molar-refractivity contribution < 1.29 is 22.8 Å². The molecule has 5 nitrogen and oxygen atoms in total. The molecule has 0 radical (unpaired) electrons. The largest absolute Gasteiger partial charge is 0.417 e. The molecular weight excluding hydrogens is 479 g/mol. The van der Waals surface area contributed by atoms with Gasteiger partial charge in [-0.3, -0.25) is 4.79 Å². The minimum absolute atomic E-state index is 0.173. The molecule has 37 heavy (non-hydrogen) atoms. The molecule has 1 saturated carbocycles. The third-order valence-corrected chi connectivity index (χ3v) is 7.34. The van der Waals surface area contributed by atoms with Crippen LogP contribution in [0.1, 0.15) is 53.5 Å². The highest BCUT2D eigenvalue weighted by molar-refractivity contribution is 6.23. The molecule has 3 aromatic carbocycles. The van der Waals surface area contributed by atoms with Crippen molar-refractivity contribution in [1.82, 2.24) is 4.90 Å². The Balaban J connectivity index is 1.53. The maximum atomic E-state index is 13.8. The standard InChI is InChI=1S/C29H24F3N3O2/c30-29(31,32)25-17-24(13-12-22(25)18-33)35-26(36)28(14-6-7-15-28)34(27(35)37)19-23-11-5-4-10-21(23)16-20-8-2-1-3-9-20/h1-5,8-13,17H,6-7,14-16,19H2. The number of nitrogens with zero attached hydrogens (tertiary/aromatic N) is 3. The molecule has 0 atom stereocenters. The van der Waals surface area contributed by atoms with E-state index in [1.807, 2.05) is 54.6 Å². The lowest BCUT2D eigenvalue weighted by Gasteiger charge is -2.32. The minimum atomic E-state index is -4.80. The molecule has 2 aliphatic rings. The summed E-state index contributed by atoms with van der Waals surface area (Å²) in [6, 6.07) is 21.5. The monoisotopic (exact) mass is 503 g/mol. The summed E-state index contributed by atoms with van der Waals surface area (Å²) in [6.45, 7) is 0.173. The summed E-state index contributed by atoms with van der Waals surface area (Å²) in [4.78, 5) is 29.9. The second-order valence-corrected chi connectivity index (χ2v) is 9.52. The molecular formula is C29H24F3N3O2. The van der Waals surface area contributed by atoms with E-state index in [2.05, 4.69) is 0 Å². The number of hydrogen-bond donors (Lipinski definition) is 0. The predicted octanol–water partition coefficient (Wildman–Crippen LogP) is 6.45. The fourth-order valence-corrected chi connectivity index (χ4v) is 5.48. The number of nitriles is 1. The third kappa shape index (κ3) is 4.35. The van der Waals surface area contributed by atoms with Crippen LogP contribution in [0.25, 0.3) is 0 Å². The number of imide groups is 1. The normalized spacial score (nSPS) is 17.0. The number of amides is 3. The fourth-order valence-electron chi connectivity index (χ4n) is 5.48. The van der Waals surface area contributed by atoms with Crippen molar-refractivity contribution in [3.05, 3.63) is 101 Å². The van der Waals surface area contributed by atoms with Crippen molar-refractivity contribution in [2.45, 2.75) is 50.4 Å². The molecule has 0 unspecified atom stereocenters. The average molecular weight is 504 g/mol. The molecule has 8 heteroatoms. The van der Waals surface area contributed by atoms with Crippen molar-refractivity contribution >= 4 is 17.6 Å². The first-order valence-corrected chi connectivity index (χ1v) is 12.1. The second-order valence-electron chi connectivity index (χ2n) is 9.52. The molecule has 0 bridgehead atoms. The number of carbonyl (C=O) groups is 2. The van der Waals surface area contributed by atoms with Crippen molar-refractivity contribution in [3.8, 4) is 6.07 Å². The number of halogens is 3. The summed E-state index contributed by atoms with van der Waals surface area (Å²) in [5.74, 6) is -0.506. The Morgan fingerprint density at radius 3 is 2.19 bits per heavy atom. The number of carbonyl (C=O) groups excluding carboxylic acids is 2. The fraction of sp³-hybridized carbons (Fsp3) is 0.276. The van der Waals surface area contributed by atoms with Crippen LogP contribution in [0.4, 0.5) is 23.7 Å². The maximum Gasteiger partial charge on any atom is 0.417 e. The van der Waals surface area contributed by atoms with Crippen molar-refractivity contribution in [2.24, 2.45) is 0 Å². The molecule has 3 aromatic rings. The summed E-state index contributed by atoms with van der Waals surface area (Å²) in [5, 5.41) is 9.14. The van der Waals surface area contributed by atoms with Gasteiger partial charge in [0, 0.05) is 6.54 Å². The van der Waals surface area contributed by atoms with Gasteiger partial charge in [0.05, 0.1) is 22.9 Å². The van der Waals surface area contributed by atoms with Gasteiger partial charge >= 0.3 is 12.2 Å². The molecule has 1 aliphatic heterocycles. The lowest BCUT2D eigenvalue weighted by Crippen LogP contribution is -2.47. The minimum Gasteiger partial charge on any atom is -0.305 e. The SMILES string of the molecule is N#Cc1ccc(N2C(=O)N(Cc3ccccc3Cc3ccccc3)C3(CCCC3)C2=O)cc1C(F)(F)F. The van der Waals surface area contributed by atoms with E-state index in [0.717, 1.165) is 46.6 Å². The van der Waals surface area contributed by atoms with E-state index in [-0.39, 0.29) is 12.2 Å². The number of urea groups is 1. The van der Waals surface area contributed by atoms with Gasteiger partial charge in [-0.1, -0.05) is 67.4 Å². The third-order valence-electron chi connectivity index (χ3n) is 7.34. The Kier molecular flexibility index (Phi) is 6.24. The van der Waals surface area contributed by atoms with E-state index >= 15 is 0 Å². The second kappa shape index (κ2) is 9.40. The molecule has 0 N–H and O–H groups in total. The molecule has 2 fully saturated rings. The highest BCUT2D eigenvalue weighted by atomic mass is 19.4. The summed E-state index contributed by atoms with van der Waals surface area (Å²) in [7, 11) is 0. The average Bonchev–Trinajstić information content (AvgIpc) is 3.45. The number of benzene rings is 3. The smallest absolute Gasteiger partial charge is 0.305 e. The predicted molar refractivity (Wildman–Crippen MR) is 131 cm³/mol. The van der Waals surface area contributed by atoms with Gasteiger partial charge in [-0.05, 0) is 54.2 Å². The number of hydrogen-bond acceptors (Lipinski definition) is 3. The van der Waals surface area contributed by atoms with E-state index in [1.165, 1.54) is 17.0 Å². The van der Waals surface area contributed by atoms with Crippen LogP contribution in [0.5, 0.6) is 0 Å². The molecule has 5 rings (SSSR count). The first kappa shape index (κ1) is 24.6. The molecule has 3 amide bonds. The van der Waals surface area contributed by atoms with Gasteiger partial charge in [-0.25, -0.2) is 9.69 Å². The van der Waals surface area contributed by atoms with Crippen molar-refractivity contribution in [2.75, 3.05) is 4.90 Å². The van der Waals surface area contributed by atoms with E-state index < -0.39 is 34.8 Å². The van der Waals surface area contributed by atoms with E-state index in [1.54, 1.807) is 0 Å². The zero-order valence-corrected chi connectivity index (χ0v) is 20.0. The van der Waals surface area contributed by atoms with E-state index in [4.69, 9.17) is 5.26 Å². The first-order chi connectivity index (χ1) is 17.7. The highest BCUT2D eigenvalue weighted by Gasteiger charge is 2.58. The van der Waals surface area contributed by atoms with Crippen LogP contribution in [0.15, 0.2) is 72.8 Å². The van der Waals surface area contributed by atoms with Gasteiger partial charge in [-0.15, -0.1) is 0 Å². The number of anilines is 1. The molecule has 1 spiro atoms. The lowest BCUT2D eigenvalue weighted by atomic mass is 9.93. The van der Waals surface area contributed by atoms with Gasteiger partial charge in [-0.2, -0.15) is 18.4 Å². The highest BCUT2D eigenvalue weighted by Crippen LogP contribution is 2.45. The maximum absolute atomic E-state index is 13.8. The van der Waals surface area contributed by atoms with Crippen LogP contribution in [-0.2, 0) is 23.9 Å². The number of alkyl halides is 3.